The number of hydrogen-bond acceptors (Lipinski definition) is 11. The summed E-state index contributed by atoms with van der Waals surface area (Å²) in [6.07, 6.45) is 66.1. The van der Waals surface area contributed by atoms with E-state index in [0.717, 1.165) is 148 Å². The molecule has 1 heterocycles. The minimum absolute atomic E-state index is 0.0369. The van der Waals surface area contributed by atoms with Crippen LogP contribution in [-0.4, -0.2) is 89.2 Å². The van der Waals surface area contributed by atoms with E-state index in [2.05, 4.69) is 130 Å². The van der Waals surface area contributed by atoms with Crippen LogP contribution in [0.25, 0.3) is 0 Å². The van der Waals surface area contributed by atoms with Crippen LogP contribution in [0.15, 0.2) is 109 Å². The summed E-state index contributed by atoms with van der Waals surface area (Å²) in [5.74, 6) is -3.19. The number of aliphatic hydroxyl groups excluding tert-OH is 2. The molecule has 0 saturated carbocycles. The number of carbonyl (C=O) groups is 4. The maximum Gasteiger partial charge on any atom is 0.335 e. The standard InChI is InChI=1S/C71H116O12/c1-4-7-10-13-16-19-22-25-28-30-32-34-37-39-42-45-48-51-54-57-63(72)79-60-62(81-64(73)58-55-52-49-46-43-40-36-27-24-21-18-15-12-9-6-3)61-80-71-69(67(76)66(75)68(83-71)70(77)78)82-65(74)59-56-53-50-47-44-41-38-35-33-31-29-26-23-20-17-14-11-8-5-2/h7,10,16-17,19-20,25-29,32-36,39,42,62,66-69,71,75-76H,4-6,8-9,11-15,18,21-24,30-31,37-38,40-41,43-61H2,1-3H3,(H,77,78)/b10-7-,19-16-,20-17-,28-25-,29-26-,34-32-,35-33-,36-27-,42-39-. The molecular weight excluding hydrogens is 1040 g/mol. The molecule has 0 spiro atoms. The van der Waals surface area contributed by atoms with Crippen molar-refractivity contribution in [3.05, 3.63) is 109 Å². The second-order valence-corrected chi connectivity index (χ2v) is 22.0. The number of rotatable bonds is 55. The second kappa shape index (κ2) is 57.8. The monoisotopic (exact) mass is 1160 g/mol. The molecule has 6 unspecified atom stereocenters. The molecule has 1 aliphatic rings. The van der Waals surface area contributed by atoms with Gasteiger partial charge in [-0.2, -0.15) is 0 Å². The van der Waals surface area contributed by atoms with Gasteiger partial charge in [-0.05, 0) is 128 Å². The molecule has 0 radical (unpaired) electrons. The molecule has 1 fully saturated rings. The molecule has 0 aromatic carbocycles. The highest BCUT2D eigenvalue weighted by Crippen LogP contribution is 2.26. The smallest absolute Gasteiger partial charge is 0.335 e. The molecule has 0 aromatic heterocycles. The number of allylic oxidation sites excluding steroid dienone is 18. The van der Waals surface area contributed by atoms with Crippen LogP contribution >= 0.6 is 0 Å². The van der Waals surface area contributed by atoms with Crippen molar-refractivity contribution >= 4 is 23.9 Å². The number of aliphatic carboxylic acids is 1. The zero-order valence-corrected chi connectivity index (χ0v) is 52.2. The van der Waals surface area contributed by atoms with Gasteiger partial charge in [-0.3, -0.25) is 14.4 Å². The van der Waals surface area contributed by atoms with Crippen molar-refractivity contribution in [3.8, 4) is 0 Å². The minimum Gasteiger partial charge on any atom is -0.479 e. The van der Waals surface area contributed by atoms with Gasteiger partial charge in [0.1, 0.15) is 18.8 Å². The summed E-state index contributed by atoms with van der Waals surface area (Å²) in [6.45, 7) is 5.82. The summed E-state index contributed by atoms with van der Waals surface area (Å²) in [6, 6.07) is 0. The van der Waals surface area contributed by atoms with E-state index in [9.17, 15) is 34.5 Å². The molecule has 0 bridgehead atoms. The Morgan fingerprint density at radius 2 is 0.759 bits per heavy atom. The van der Waals surface area contributed by atoms with E-state index in [1.807, 2.05) is 0 Å². The van der Waals surface area contributed by atoms with Crippen LogP contribution in [0.3, 0.4) is 0 Å². The SMILES string of the molecule is CC/C=C\C/C=C\C/C=C\C/C=C\C/C=C\CCCCCC(=O)OCC(COC1OC(C(=O)O)C(O)C(O)C1OC(=O)CCCCCCCC/C=C\C/C=C\C/C=C\CCCCC)OC(=O)CCCCCCC/C=C\CCCCCCCC. The summed E-state index contributed by atoms with van der Waals surface area (Å²) >= 11 is 0. The lowest BCUT2D eigenvalue weighted by molar-refractivity contribution is -0.301. The molecule has 0 aromatic rings. The number of esters is 3. The summed E-state index contributed by atoms with van der Waals surface area (Å²) in [5, 5.41) is 31.6. The topological polar surface area (TPSA) is 175 Å². The number of carbonyl (C=O) groups excluding carboxylic acids is 3. The molecule has 0 amide bonds. The van der Waals surface area contributed by atoms with Crippen LogP contribution in [0.5, 0.6) is 0 Å². The van der Waals surface area contributed by atoms with Gasteiger partial charge in [-0.25, -0.2) is 4.79 Å². The Bertz CT molecular complexity index is 1860. The maximum atomic E-state index is 13.2. The highest BCUT2D eigenvalue weighted by molar-refractivity contribution is 5.74. The van der Waals surface area contributed by atoms with Crippen LogP contribution in [0, 0.1) is 0 Å². The molecule has 0 aliphatic carbocycles. The summed E-state index contributed by atoms with van der Waals surface area (Å²) in [5.41, 5.74) is 0. The molecule has 1 aliphatic heterocycles. The van der Waals surface area contributed by atoms with Crippen molar-refractivity contribution < 1.29 is 58.2 Å². The molecular formula is C71H116O12. The van der Waals surface area contributed by atoms with E-state index in [-0.39, 0.29) is 25.9 Å². The number of carboxylic acids is 1. The van der Waals surface area contributed by atoms with Crippen molar-refractivity contribution in [3.63, 3.8) is 0 Å². The van der Waals surface area contributed by atoms with Gasteiger partial charge in [0, 0.05) is 19.3 Å². The number of hydrogen-bond donors (Lipinski definition) is 3. The Morgan fingerprint density at radius 3 is 1.20 bits per heavy atom. The maximum absolute atomic E-state index is 13.2. The van der Waals surface area contributed by atoms with Gasteiger partial charge < -0.3 is 39.0 Å². The van der Waals surface area contributed by atoms with E-state index in [4.69, 9.17) is 23.7 Å². The summed E-state index contributed by atoms with van der Waals surface area (Å²) in [7, 11) is 0. The minimum atomic E-state index is -1.92. The van der Waals surface area contributed by atoms with Crippen molar-refractivity contribution in [2.24, 2.45) is 0 Å². The highest BCUT2D eigenvalue weighted by atomic mass is 16.7. The zero-order chi connectivity index (χ0) is 60.3. The van der Waals surface area contributed by atoms with Gasteiger partial charge in [-0.1, -0.05) is 226 Å². The number of ether oxygens (including phenoxy) is 5. The molecule has 12 nitrogen and oxygen atoms in total. The number of carboxylic acid groups (broad SMARTS) is 1. The van der Waals surface area contributed by atoms with E-state index in [1.165, 1.54) is 57.8 Å². The zero-order valence-electron chi connectivity index (χ0n) is 52.2. The molecule has 1 rings (SSSR count). The molecule has 1 saturated heterocycles. The summed E-state index contributed by atoms with van der Waals surface area (Å²) < 4.78 is 28.5. The lowest BCUT2D eigenvalue weighted by Crippen LogP contribution is -2.61. The average Bonchev–Trinajstić information content (AvgIpc) is 3.57. The van der Waals surface area contributed by atoms with Crippen LogP contribution < -0.4 is 0 Å². The van der Waals surface area contributed by atoms with E-state index in [0.29, 0.717) is 19.3 Å². The Hall–Kier alpha value is -4.62. The number of unbranched alkanes of at least 4 members (excludes halogenated alkanes) is 23. The van der Waals surface area contributed by atoms with Crippen molar-refractivity contribution in [1.82, 2.24) is 0 Å². The van der Waals surface area contributed by atoms with Gasteiger partial charge in [0.15, 0.2) is 24.6 Å². The largest absolute Gasteiger partial charge is 0.479 e. The first-order valence-electron chi connectivity index (χ1n) is 32.9. The average molecular weight is 1160 g/mol. The Labute approximate surface area is 504 Å². The Kier molecular flexibility index (Phi) is 53.2. The Balaban J connectivity index is 2.69. The first-order valence-corrected chi connectivity index (χ1v) is 32.9. The lowest BCUT2D eigenvalue weighted by Gasteiger charge is -2.40. The molecule has 83 heavy (non-hydrogen) atoms. The van der Waals surface area contributed by atoms with Crippen molar-refractivity contribution in [2.75, 3.05) is 13.2 Å². The normalized spacial score (nSPS) is 18.3. The van der Waals surface area contributed by atoms with Gasteiger partial charge in [-0.15, -0.1) is 0 Å². The van der Waals surface area contributed by atoms with Crippen LogP contribution in [0.1, 0.15) is 265 Å². The third-order valence-electron chi connectivity index (χ3n) is 14.3. The number of aliphatic hydroxyl groups is 2. The lowest BCUT2D eigenvalue weighted by atomic mass is 9.98. The molecule has 6 atom stereocenters. The highest BCUT2D eigenvalue weighted by Gasteiger charge is 2.50. The predicted octanol–water partition coefficient (Wildman–Crippen LogP) is 17.8. The van der Waals surface area contributed by atoms with E-state index in [1.54, 1.807) is 0 Å². The van der Waals surface area contributed by atoms with Crippen LogP contribution in [0.2, 0.25) is 0 Å². The van der Waals surface area contributed by atoms with Crippen molar-refractivity contribution in [2.45, 2.75) is 302 Å². The fraction of sp³-hybridized carbons (Fsp3) is 0.690. The van der Waals surface area contributed by atoms with Gasteiger partial charge in [0.05, 0.1) is 6.61 Å². The Morgan fingerprint density at radius 1 is 0.410 bits per heavy atom. The van der Waals surface area contributed by atoms with Crippen molar-refractivity contribution in [1.29, 1.82) is 0 Å². The van der Waals surface area contributed by atoms with Crippen LogP contribution in [0.4, 0.5) is 0 Å². The summed E-state index contributed by atoms with van der Waals surface area (Å²) in [4.78, 5) is 51.4. The van der Waals surface area contributed by atoms with Crippen LogP contribution in [-0.2, 0) is 42.9 Å². The third kappa shape index (κ3) is 47.3. The third-order valence-corrected chi connectivity index (χ3v) is 14.3. The molecule has 3 N–H and O–H groups in total. The van der Waals surface area contributed by atoms with E-state index >= 15 is 0 Å². The van der Waals surface area contributed by atoms with Gasteiger partial charge >= 0.3 is 23.9 Å². The second-order valence-electron chi connectivity index (χ2n) is 22.0. The fourth-order valence-corrected chi connectivity index (χ4v) is 9.28. The molecule has 472 valence electrons. The van der Waals surface area contributed by atoms with E-state index < -0.39 is 67.3 Å². The quantitative estimate of drug-likeness (QED) is 0.0228. The fourth-order valence-electron chi connectivity index (χ4n) is 9.28. The molecule has 12 heteroatoms. The predicted molar refractivity (Wildman–Crippen MR) is 340 cm³/mol. The van der Waals surface area contributed by atoms with Gasteiger partial charge in [0.2, 0.25) is 0 Å². The first kappa shape index (κ1) is 76.4. The first-order chi connectivity index (χ1) is 40.6. The van der Waals surface area contributed by atoms with Gasteiger partial charge in [0.25, 0.3) is 0 Å².